The van der Waals surface area contributed by atoms with Gasteiger partial charge in [0.25, 0.3) is 0 Å². The molecule has 41 heavy (non-hydrogen) atoms. The Morgan fingerprint density at radius 3 is 2.20 bits per heavy atom. The summed E-state index contributed by atoms with van der Waals surface area (Å²) in [6.45, 7) is 3.77. The number of aliphatic hydroxyl groups excluding tert-OH is 1. The number of halogens is 2. The number of aliphatic hydroxyl groups is 1. The van der Waals surface area contributed by atoms with Crippen LogP contribution in [0.2, 0.25) is 0 Å². The fourth-order valence-corrected chi connectivity index (χ4v) is 6.79. The molecule has 2 aliphatic carbocycles. The lowest BCUT2D eigenvalue weighted by Crippen LogP contribution is -2.50. The number of hydrogen-bond donors (Lipinski definition) is 1. The largest absolute Gasteiger partial charge is 0.491 e. The molecule has 4 nitrogen and oxygen atoms in total. The summed E-state index contributed by atoms with van der Waals surface area (Å²) in [5.41, 5.74) is 3.81. The summed E-state index contributed by atoms with van der Waals surface area (Å²) < 4.78 is 37.6. The van der Waals surface area contributed by atoms with Crippen molar-refractivity contribution in [3.05, 3.63) is 113 Å². The molecule has 212 valence electrons. The van der Waals surface area contributed by atoms with E-state index in [0.29, 0.717) is 23.6 Å². The van der Waals surface area contributed by atoms with Crippen LogP contribution in [0.15, 0.2) is 84.9 Å². The van der Waals surface area contributed by atoms with Gasteiger partial charge in [0.05, 0.1) is 6.04 Å². The zero-order chi connectivity index (χ0) is 27.9. The highest BCUT2D eigenvalue weighted by molar-refractivity contribution is 5.83. The molecule has 1 aliphatic heterocycles. The van der Waals surface area contributed by atoms with Gasteiger partial charge in [0.1, 0.15) is 18.5 Å². The number of hydrogen-bond acceptors (Lipinski definition) is 4. The van der Waals surface area contributed by atoms with Gasteiger partial charge in [0.2, 0.25) is 0 Å². The molecule has 0 spiro atoms. The molecule has 4 aromatic rings. The molecule has 2 fully saturated rings. The van der Waals surface area contributed by atoms with E-state index in [1.54, 1.807) is 6.07 Å². The number of alkyl halides is 2. The molecule has 1 saturated heterocycles. The van der Waals surface area contributed by atoms with E-state index in [0.717, 1.165) is 72.2 Å². The minimum Gasteiger partial charge on any atom is -0.491 e. The van der Waals surface area contributed by atoms with E-state index in [2.05, 4.69) is 21.9 Å². The molecular weight excluding hydrogens is 518 g/mol. The van der Waals surface area contributed by atoms with Crippen molar-refractivity contribution in [2.24, 2.45) is 0 Å². The molecule has 3 unspecified atom stereocenters. The second kappa shape index (κ2) is 11.2. The Morgan fingerprint density at radius 1 is 0.732 bits per heavy atom. The number of benzene rings is 4. The van der Waals surface area contributed by atoms with Crippen molar-refractivity contribution in [1.29, 1.82) is 0 Å². The molecule has 0 aromatic heterocycles. The smallest absolute Gasteiger partial charge is 0.161 e. The van der Waals surface area contributed by atoms with E-state index < -0.39 is 18.4 Å². The molecule has 0 amide bonds. The Kier molecular flexibility index (Phi) is 7.23. The van der Waals surface area contributed by atoms with Crippen molar-refractivity contribution in [3.8, 4) is 5.75 Å². The first-order chi connectivity index (χ1) is 20.1. The summed E-state index contributed by atoms with van der Waals surface area (Å²) in [6.07, 6.45) is -1.86. The topological polar surface area (TPSA) is 35.9 Å². The van der Waals surface area contributed by atoms with E-state index >= 15 is 8.78 Å². The zero-order valence-electron chi connectivity index (χ0n) is 23.1. The third kappa shape index (κ3) is 5.25. The quantitative estimate of drug-likeness (QED) is 0.270. The molecule has 1 heterocycles. The lowest BCUT2D eigenvalue weighted by Gasteiger charge is -2.40. The standard InChI is InChI=1S/C35H36F2N2O2/c36-33-29-8-3-4-9-30(29)35(31-11-5-10-28(24-12-13-24)32(31)34(33)37)39-18-16-38(17-19-39)21-26(40)22-41-27-15-14-23-6-1-2-7-25(23)20-27/h1-11,14-15,20,24,26,33-35,40H,12-13,16-19,21-22H2/t26-,33?,34?,35?/m0/s1. The third-order valence-electron chi connectivity index (χ3n) is 9.01. The number of β-amino-alcohol motifs (C(OH)–C–C–N with tert-alkyl or cyclic N) is 1. The van der Waals surface area contributed by atoms with Gasteiger partial charge >= 0.3 is 0 Å². The van der Waals surface area contributed by atoms with Crippen LogP contribution in [0.1, 0.15) is 65.0 Å². The number of piperazine rings is 1. The van der Waals surface area contributed by atoms with Crippen LogP contribution < -0.4 is 4.74 Å². The lowest BCUT2D eigenvalue weighted by atomic mass is 9.89. The van der Waals surface area contributed by atoms with Gasteiger partial charge in [-0.25, -0.2) is 8.78 Å². The maximum absolute atomic E-state index is 15.9. The van der Waals surface area contributed by atoms with Crippen LogP contribution in [0.4, 0.5) is 8.78 Å². The summed E-state index contributed by atoms with van der Waals surface area (Å²) in [7, 11) is 0. The summed E-state index contributed by atoms with van der Waals surface area (Å²) in [5.74, 6) is 1.09. The normalized spacial score (nSPS) is 23.9. The monoisotopic (exact) mass is 554 g/mol. The number of rotatable bonds is 7. The van der Waals surface area contributed by atoms with E-state index in [9.17, 15) is 5.11 Å². The number of ether oxygens (including phenoxy) is 1. The molecular formula is C35H36F2N2O2. The predicted molar refractivity (Wildman–Crippen MR) is 158 cm³/mol. The Balaban J connectivity index is 1.05. The van der Waals surface area contributed by atoms with E-state index in [1.807, 2.05) is 66.7 Å². The van der Waals surface area contributed by atoms with Gasteiger partial charge in [-0.2, -0.15) is 0 Å². The second-order valence-corrected chi connectivity index (χ2v) is 11.8. The average Bonchev–Trinajstić information content (AvgIpc) is 3.86. The fraction of sp³-hybridized carbons (Fsp3) is 0.371. The van der Waals surface area contributed by atoms with Crippen LogP contribution in [0.3, 0.4) is 0 Å². The first-order valence-electron chi connectivity index (χ1n) is 14.8. The summed E-state index contributed by atoms with van der Waals surface area (Å²) in [6, 6.07) is 27.4. The molecule has 1 N–H and O–H groups in total. The van der Waals surface area contributed by atoms with Crippen LogP contribution in [0.25, 0.3) is 10.8 Å². The molecule has 0 bridgehead atoms. The summed E-state index contributed by atoms with van der Waals surface area (Å²) in [5, 5.41) is 13.0. The first kappa shape index (κ1) is 26.6. The molecule has 1 saturated carbocycles. The fourth-order valence-electron chi connectivity index (χ4n) is 6.79. The van der Waals surface area contributed by atoms with E-state index in [1.165, 1.54) is 0 Å². The van der Waals surface area contributed by atoms with Crippen molar-refractivity contribution < 1.29 is 18.6 Å². The maximum atomic E-state index is 15.9. The second-order valence-electron chi connectivity index (χ2n) is 11.8. The minimum absolute atomic E-state index is 0.192. The first-order valence-corrected chi connectivity index (χ1v) is 14.8. The zero-order valence-corrected chi connectivity index (χ0v) is 23.1. The Bertz CT molecular complexity index is 1530. The lowest BCUT2D eigenvalue weighted by molar-refractivity contribution is 0.0400. The highest BCUT2D eigenvalue weighted by Gasteiger charge is 2.42. The molecule has 3 aliphatic rings. The summed E-state index contributed by atoms with van der Waals surface area (Å²) in [4.78, 5) is 4.62. The van der Waals surface area contributed by atoms with Gasteiger partial charge in [0, 0.05) is 32.7 Å². The van der Waals surface area contributed by atoms with Crippen LogP contribution in [-0.2, 0) is 0 Å². The van der Waals surface area contributed by atoms with Crippen molar-refractivity contribution in [2.75, 3.05) is 39.3 Å². The maximum Gasteiger partial charge on any atom is 0.161 e. The Hall–Kier alpha value is -3.32. The molecule has 6 heteroatoms. The number of fused-ring (bicyclic) bond motifs is 3. The van der Waals surface area contributed by atoms with Crippen molar-refractivity contribution in [2.45, 2.75) is 43.2 Å². The SMILES string of the molecule is O[C@H](COc1ccc2ccccc2c1)CN1CCN(C2c3ccccc3C(F)C(F)c3c(C4CC4)cccc32)CC1. The van der Waals surface area contributed by atoms with Crippen molar-refractivity contribution in [3.63, 3.8) is 0 Å². The van der Waals surface area contributed by atoms with Gasteiger partial charge in [-0.1, -0.05) is 72.8 Å². The van der Waals surface area contributed by atoms with Gasteiger partial charge < -0.3 is 9.84 Å². The van der Waals surface area contributed by atoms with Gasteiger partial charge in [-0.3, -0.25) is 9.80 Å². The van der Waals surface area contributed by atoms with Gasteiger partial charge in [-0.15, -0.1) is 0 Å². The van der Waals surface area contributed by atoms with Crippen LogP contribution in [-0.4, -0.2) is 60.3 Å². The van der Waals surface area contributed by atoms with Gasteiger partial charge in [0.15, 0.2) is 12.3 Å². The Labute approximate surface area is 240 Å². The highest BCUT2D eigenvalue weighted by atomic mass is 19.2. The van der Waals surface area contributed by atoms with Gasteiger partial charge in [-0.05, 0) is 69.5 Å². The van der Waals surface area contributed by atoms with Crippen LogP contribution >= 0.6 is 0 Å². The molecule has 7 rings (SSSR count). The molecule has 0 radical (unpaired) electrons. The Morgan fingerprint density at radius 2 is 1.41 bits per heavy atom. The van der Waals surface area contributed by atoms with Crippen LogP contribution in [0, 0.1) is 0 Å². The van der Waals surface area contributed by atoms with Crippen LogP contribution in [0.5, 0.6) is 5.75 Å². The van der Waals surface area contributed by atoms with Crippen molar-refractivity contribution in [1.82, 2.24) is 9.80 Å². The van der Waals surface area contributed by atoms with E-state index in [-0.39, 0.29) is 12.6 Å². The molecule has 4 atom stereocenters. The highest BCUT2D eigenvalue weighted by Crippen LogP contribution is 2.53. The van der Waals surface area contributed by atoms with E-state index in [4.69, 9.17) is 4.74 Å². The molecule has 4 aromatic carbocycles. The summed E-state index contributed by atoms with van der Waals surface area (Å²) >= 11 is 0. The third-order valence-corrected chi connectivity index (χ3v) is 9.01. The average molecular weight is 555 g/mol. The minimum atomic E-state index is -1.67. The predicted octanol–water partition coefficient (Wildman–Crippen LogP) is 6.90. The number of nitrogens with zero attached hydrogens (tertiary/aromatic N) is 2. The van der Waals surface area contributed by atoms with Crippen molar-refractivity contribution >= 4 is 10.8 Å².